The first-order valence-electron chi connectivity index (χ1n) is 7.49. The van der Waals surface area contributed by atoms with E-state index in [9.17, 15) is 9.59 Å². The number of ether oxygens (including phenoxy) is 1. The lowest BCUT2D eigenvalue weighted by Crippen LogP contribution is -2.26. The van der Waals surface area contributed by atoms with E-state index in [0.717, 1.165) is 16.8 Å². The summed E-state index contributed by atoms with van der Waals surface area (Å²) < 4.78 is 4.54. The van der Waals surface area contributed by atoms with Crippen LogP contribution in [-0.2, 0) is 14.3 Å². The predicted molar refractivity (Wildman–Crippen MR) is 91.3 cm³/mol. The Morgan fingerprint density at radius 3 is 2.04 bits per heavy atom. The van der Waals surface area contributed by atoms with Crippen molar-refractivity contribution in [2.45, 2.75) is 12.8 Å². The van der Waals surface area contributed by atoms with Gasteiger partial charge in [0.15, 0.2) is 0 Å². The number of nitrogens with zero attached hydrogens (tertiary/aromatic N) is 2. The normalized spacial score (nSPS) is 9.88. The van der Waals surface area contributed by atoms with Gasteiger partial charge in [0.05, 0.1) is 25.2 Å². The first-order valence-corrected chi connectivity index (χ1v) is 7.49. The molecule has 2 aromatic carbocycles. The number of hydrogen-bond donors (Lipinski definition) is 0. The van der Waals surface area contributed by atoms with Gasteiger partial charge in [0.25, 0.3) is 0 Å². The first-order chi connectivity index (χ1) is 11.5. The molecule has 24 heavy (non-hydrogen) atoms. The Kier molecular flexibility index (Phi) is 5.69. The molecule has 122 valence electrons. The number of hydrogen-bond acceptors (Lipinski definition) is 4. The van der Waals surface area contributed by atoms with Crippen LogP contribution in [0.2, 0.25) is 0 Å². The Morgan fingerprint density at radius 2 is 1.54 bits per heavy atom. The van der Waals surface area contributed by atoms with Gasteiger partial charge < -0.3 is 9.64 Å². The molecule has 5 heteroatoms. The van der Waals surface area contributed by atoms with Crippen molar-refractivity contribution in [1.29, 1.82) is 5.26 Å². The summed E-state index contributed by atoms with van der Waals surface area (Å²) in [5, 5.41) is 8.83. The molecule has 0 aliphatic carbocycles. The van der Waals surface area contributed by atoms with Crippen LogP contribution in [0.3, 0.4) is 0 Å². The van der Waals surface area contributed by atoms with Gasteiger partial charge in [0.2, 0.25) is 5.91 Å². The molecule has 0 spiro atoms. The fourth-order valence-electron chi connectivity index (χ4n) is 2.24. The molecular formula is C19H18N2O3. The zero-order chi connectivity index (χ0) is 17.5. The van der Waals surface area contributed by atoms with Crippen LogP contribution in [0.25, 0.3) is 11.1 Å². The maximum Gasteiger partial charge on any atom is 0.306 e. The van der Waals surface area contributed by atoms with Crippen LogP contribution < -0.4 is 4.90 Å². The summed E-state index contributed by atoms with van der Waals surface area (Å²) in [4.78, 5) is 24.7. The molecule has 0 N–H and O–H groups in total. The van der Waals surface area contributed by atoms with Gasteiger partial charge in [-0.1, -0.05) is 24.3 Å². The summed E-state index contributed by atoms with van der Waals surface area (Å²) in [6, 6.07) is 16.9. The molecular weight excluding hydrogens is 304 g/mol. The molecule has 0 aromatic heterocycles. The highest BCUT2D eigenvalue weighted by molar-refractivity contribution is 5.94. The molecule has 0 unspecified atom stereocenters. The fourth-order valence-corrected chi connectivity index (χ4v) is 2.24. The summed E-state index contributed by atoms with van der Waals surface area (Å²) in [6.45, 7) is 0. The average molecular weight is 322 g/mol. The van der Waals surface area contributed by atoms with Gasteiger partial charge in [-0.05, 0) is 35.4 Å². The van der Waals surface area contributed by atoms with E-state index in [4.69, 9.17) is 5.26 Å². The van der Waals surface area contributed by atoms with Crippen molar-refractivity contribution in [2.24, 2.45) is 0 Å². The smallest absolute Gasteiger partial charge is 0.306 e. The lowest BCUT2D eigenvalue weighted by molar-refractivity contribution is -0.141. The summed E-state index contributed by atoms with van der Waals surface area (Å²) in [7, 11) is 2.98. The van der Waals surface area contributed by atoms with Crippen molar-refractivity contribution >= 4 is 17.6 Å². The van der Waals surface area contributed by atoms with Crippen LogP contribution >= 0.6 is 0 Å². The Labute approximate surface area is 141 Å². The molecule has 0 saturated carbocycles. The summed E-state index contributed by atoms with van der Waals surface area (Å²) in [5.41, 5.74) is 3.37. The molecule has 0 heterocycles. The van der Waals surface area contributed by atoms with E-state index in [1.807, 2.05) is 36.4 Å². The maximum atomic E-state index is 12.1. The lowest BCUT2D eigenvalue weighted by Gasteiger charge is -2.17. The van der Waals surface area contributed by atoms with Gasteiger partial charge in [-0.3, -0.25) is 9.59 Å². The maximum absolute atomic E-state index is 12.1. The quantitative estimate of drug-likeness (QED) is 0.793. The molecule has 0 radical (unpaired) electrons. The molecule has 1 amide bonds. The number of carbonyl (C=O) groups excluding carboxylic acids is 2. The third-order valence-electron chi connectivity index (χ3n) is 3.75. The highest BCUT2D eigenvalue weighted by atomic mass is 16.5. The van der Waals surface area contributed by atoms with Crippen molar-refractivity contribution in [3.8, 4) is 17.2 Å². The minimum Gasteiger partial charge on any atom is -0.469 e. The van der Waals surface area contributed by atoms with Crippen molar-refractivity contribution in [1.82, 2.24) is 0 Å². The molecule has 0 saturated heterocycles. The molecule has 0 aliphatic rings. The summed E-state index contributed by atoms with van der Waals surface area (Å²) in [6.07, 6.45) is 0.184. The van der Waals surface area contributed by atoms with Crippen LogP contribution in [0.4, 0.5) is 5.69 Å². The number of esters is 1. The number of amides is 1. The van der Waals surface area contributed by atoms with Gasteiger partial charge >= 0.3 is 5.97 Å². The number of methoxy groups -OCH3 is 1. The first kappa shape index (κ1) is 17.2. The second-order valence-corrected chi connectivity index (χ2v) is 5.26. The van der Waals surface area contributed by atoms with Gasteiger partial charge in [0.1, 0.15) is 0 Å². The van der Waals surface area contributed by atoms with E-state index in [-0.39, 0.29) is 18.7 Å². The van der Waals surface area contributed by atoms with Crippen LogP contribution in [0.1, 0.15) is 18.4 Å². The summed E-state index contributed by atoms with van der Waals surface area (Å²) in [5.74, 6) is -0.542. The Bertz CT molecular complexity index is 759. The molecule has 2 aromatic rings. The molecule has 5 nitrogen and oxygen atoms in total. The van der Waals surface area contributed by atoms with E-state index in [0.29, 0.717) is 5.56 Å². The minimum atomic E-state index is -0.395. The topological polar surface area (TPSA) is 70.4 Å². The second-order valence-electron chi connectivity index (χ2n) is 5.26. The van der Waals surface area contributed by atoms with Gasteiger partial charge in [-0.2, -0.15) is 5.26 Å². The SMILES string of the molecule is COC(=O)CCC(=O)N(C)c1ccc(-c2ccc(C#N)cc2)cc1. The van der Waals surface area contributed by atoms with E-state index in [1.165, 1.54) is 12.0 Å². The van der Waals surface area contributed by atoms with E-state index in [2.05, 4.69) is 10.8 Å². The molecule has 0 aliphatic heterocycles. The van der Waals surface area contributed by atoms with Gasteiger partial charge in [-0.15, -0.1) is 0 Å². The standard InChI is InChI=1S/C19H18N2O3/c1-21(18(22)11-12-19(23)24-2)17-9-7-16(8-10-17)15-5-3-14(13-20)4-6-15/h3-10H,11-12H2,1-2H3. The zero-order valence-electron chi connectivity index (χ0n) is 13.7. The van der Waals surface area contributed by atoms with Gasteiger partial charge in [0, 0.05) is 19.2 Å². The largest absolute Gasteiger partial charge is 0.469 e. The monoisotopic (exact) mass is 322 g/mol. The van der Waals surface area contributed by atoms with Gasteiger partial charge in [-0.25, -0.2) is 0 Å². The molecule has 0 bridgehead atoms. The van der Waals surface area contributed by atoms with Crippen LogP contribution in [0.15, 0.2) is 48.5 Å². The lowest BCUT2D eigenvalue weighted by atomic mass is 10.0. The predicted octanol–water partition coefficient (Wildman–Crippen LogP) is 3.14. The van der Waals surface area contributed by atoms with Crippen LogP contribution in [0, 0.1) is 11.3 Å². The zero-order valence-corrected chi connectivity index (χ0v) is 13.7. The number of nitriles is 1. The van der Waals surface area contributed by atoms with Crippen LogP contribution in [0.5, 0.6) is 0 Å². The number of benzene rings is 2. The highest BCUT2D eigenvalue weighted by Crippen LogP contribution is 2.23. The highest BCUT2D eigenvalue weighted by Gasteiger charge is 2.13. The average Bonchev–Trinajstić information content (AvgIpc) is 2.65. The van der Waals surface area contributed by atoms with Crippen molar-refractivity contribution < 1.29 is 14.3 Å². The minimum absolute atomic E-state index is 0.0724. The number of carbonyl (C=O) groups is 2. The fraction of sp³-hybridized carbons (Fsp3) is 0.211. The van der Waals surface area contributed by atoms with E-state index in [1.54, 1.807) is 19.2 Å². The van der Waals surface area contributed by atoms with Crippen molar-refractivity contribution in [2.75, 3.05) is 19.1 Å². The van der Waals surface area contributed by atoms with E-state index < -0.39 is 5.97 Å². The second kappa shape index (κ2) is 7.93. The number of anilines is 1. The van der Waals surface area contributed by atoms with Crippen molar-refractivity contribution in [3.05, 3.63) is 54.1 Å². The Morgan fingerprint density at radius 1 is 1.00 bits per heavy atom. The third kappa shape index (κ3) is 4.20. The van der Waals surface area contributed by atoms with Crippen LogP contribution in [-0.4, -0.2) is 26.0 Å². The molecule has 0 atom stereocenters. The molecule has 2 rings (SSSR count). The number of rotatable bonds is 5. The third-order valence-corrected chi connectivity index (χ3v) is 3.75. The Hall–Kier alpha value is -3.13. The van der Waals surface area contributed by atoms with E-state index >= 15 is 0 Å². The Balaban J connectivity index is 2.06. The van der Waals surface area contributed by atoms with Crippen molar-refractivity contribution in [3.63, 3.8) is 0 Å². The summed E-state index contributed by atoms with van der Waals surface area (Å²) >= 11 is 0. The molecule has 0 fully saturated rings.